The minimum atomic E-state index is -0.704. The van der Waals surface area contributed by atoms with E-state index in [4.69, 9.17) is 21.1 Å². The Balaban J connectivity index is 1.95. The van der Waals surface area contributed by atoms with Crippen molar-refractivity contribution in [3.05, 3.63) is 52.8 Å². The predicted octanol–water partition coefficient (Wildman–Crippen LogP) is 4.95. The quantitative estimate of drug-likeness (QED) is 0.802. The molecule has 2 aromatic carbocycles. The van der Waals surface area contributed by atoms with Crippen LogP contribution in [0.15, 0.2) is 36.4 Å². The number of nitrogens with one attached hydrogen (secondary N) is 1. The average Bonchev–Trinajstić information content (AvgIpc) is 3.14. The van der Waals surface area contributed by atoms with Gasteiger partial charge < -0.3 is 14.8 Å². The zero-order chi connectivity index (χ0) is 18.7. The van der Waals surface area contributed by atoms with Gasteiger partial charge in [-0.3, -0.25) is 4.79 Å². The number of methoxy groups -OCH3 is 2. The average molecular weight is 378 g/mol. The van der Waals surface area contributed by atoms with E-state index in [2.05, 4.69) is 5.32 Å². The van der Waals surface area contributed by atoms with Crippen molar-refractivity contribution in [2.75, 3.05) is 19.5 Å². The van der Waals surface area contributed by atoms with E-state index in [-0.39, 0.29) is 17.3 Å². The van der Waals surface area contributed by atoms with Gasteiger partial charge in [-0.1, -0.05) is 36.6 Å². The Hall–Kier alpha value is -2.27. The maximum absolute atomic E-state index is 14.4. The lowest BCUT2D eigenvalue weighted by Gasteiger charge is -2.28. The molecule has 1 aliphatic rings. The van der Waals surface area contributed by atoms with E-state index in [9.17, 15) is 9.18 Å². The highest BCUT2D eigenvalue weighted by molar-refractivity contribution is 6.30. The third kappa shape index (κ3) is 3.36. The summed E-state index contributed by atoms with van der Waals surface area (Å²) in [6, 6.07) is 9.97. The molecule has 26 heavy (non-hydrogen) atoms. The molecule has 0 saturated heterocycles. The molecular weight excluding hydrogens is 357 g/mol. The molecule has 2 aromatic rings. The van der Waals surface area contributed by atoms with Crippen molar-refractivity contribution in [1.82, 2.24) is 0 Å². The summed E-state index contributed by atoms with van der Waals surface area (Å²) >= 11 is 6.13. The molecule has 3 rings (SSSR count). The topological polar surface area (TPSA) is 47.6 Å². The first-order valence-corrected chi connectivity index (χ1v) is 8.87. The third-order valence-corrected chi connectivity index (χ3v) is 5.23. The maximum atomic E-state index is 14.4. The zero-order valence-corrected chi connectivity index (χ0v) is 15.5. The van der Waals surface area contributed by atoms with Crippen molar-refractivity contribution in [2.24, 2.45) is 0 Å². The summed E-state index contributed by atoms with van der Waals surface area (Å²) in [6.45, 7) is 0. The first kappa shape index (κ1) is 18.5. The lowest BCUT2D eigenvalue weighted by atomic mass is 9.78. The van der Waals surface area contributed by atoms with Crippen LogP contribution in [-0.2, 0) is 10.2 Å². The maximum Gasteiger partial charge on any atom is 0.235 e. The van der Waals surface area contributed by atoms with E-state index in [1.54, 1.807) is 6.07 Å². The number of ether oxygens (including phenoxy) is 2. The van der Waals surface area contributed by atoms with Gasteiger partial charge in [0.05, 0.1) is 25.3 Å². The first-order valence-electron chi connectivity index (χ1n) is 8.49. The number of halogens is 2. The standard InChI is InChI=1S/C20H21ClFNO3/c1-25-17-11-15(22)16(12-18(17)26-2)23-19(24)20(8-3-4-9-20)13-6-5-7-14(21)10-13/h5-7,10-12H,3-4,8-9H2,1-2H3,(H,23,24). The van der Waals surface area contributed by atoms with Crippen LogP contribution in [0.4, 0.5) is 10.1 Å². The van der Waals surface area contributed by atoms with Crippen molar-refractivity contribution in [2.45, 2.75) is 31.1 Å². The van der Waals surface area contributed by atoms with Crippen molar-refractivity contribution >= 4 is 23.2 Å². The molecule has 0 bridgehead atoms. The lowest BCUT2D eigenvalue weighted by molar-refractivity contribution is -0.121. The number of benzene rings is 2. The lowest BCUT2D eigenvalue weighted by Crippen LogP contribution is -2.38. The summed E-state index contributed by atoms with van der Waals surface area (Å²) in [5, 5.41) is 3.33. The van der Waals surface area contributed by atoms with E-state index < -0.39 is 11.2 Å². The molecule has 0 aliphatic heterocycles. The predicted molar refractivity (Wildman–Crippen MR) is 99.7 cm³/mol. The first-order chi connectivity index (χ1) is 12.5. The van der Waals surface area contributed by atoms with Gasteiger partial charge in [-0.05, 0) is 30.5 Å². The number of anilines is 1. The minimum Gasteiger partial charge on any atom is -0.493 e. The van der Waals surface area contributed by atoms with Crippen molar-refractivity contribution < 1.29 is 18.7 Å². The largest absolute Gasteiger partial charge is 0.493 e. The molecule has 0 aromatic heterocycles. The normalized spacial score (nSPS) is 15.5. The Bertz CT molecular complexity index is 819. The van der Waals surface area contributed by atoms with Crippen LogP contribution < -0.4 is 14.8 Å². The van der Waals surface area contributed by atoms with Gasteiger partial charge in [0.1, 0.15) is 0 Å². The van der Waals surface area contributed by atoms with E-state index in [1.165, 1.54) is 26.4 Å². The van der Waals surface area contributed by atoms with E-state index in [0.717, 1.165) is 18.4 Å². The van der Waals surface area contributed by atoms with Crippen LogP contribution in [0.5, 0.6) is 11.5 Å². The fourth-order valence-corrected chi connectivity index (χ4v) is 3.79. The van der Waals surface area contributed by atoms with Crippen molar-refractivity contribution in [3.63, 3.8) is 0 Å². The molecule has 4 nitrogen and oxygen atoms in total. The van der Waals surface area contributed by atoms with Gasteiger partial charge >= 0.3 is 0 Å². The Morgan fingerprint density at radius 1 is 1.12 bits per heavy atom. The third-order valence-electron chi connectivity index (χ3n) is 4.99. The number of hydrogen-bond donors (Lipinski definition) is 1. The molecule has 0 unspecified atom stereocenters. The molecule has 1 saturated carbocycles. The van der Waals surface area contributed by atoms with Crippen LogP contribution in [-0.4, -0.2) is 20.1 Å². The molecule has 1 aliphatic carbocycles. The van der Waals surface area contributed by atoms with Gasteiger partial charge in [-0.2, -0.15) is 0 Å². The highest BCUT2D eigenvalue weighted by Gasteiger charge is 2.43. The Labute approximate surface area is 157 Å². The molecule has 0 atom stereocenters. The summed E-state index contributed by atoms with van der Waals surface area (Å²) in [4.78, 5) is 13.2. The van der Waals surface area contributed by atoms with Gasteiger partial charge in [0, 0.05) is 17.2 Å². The summed E-state index contributed by atoms with van der Waals surface area (Å²) in [6.07, 6.45) is 3.28. The van der Waals surface area contributed by atoms with Crippen LogP contribution in [0.2, 0.25) is 5.02 Å². The van der Waals surface area contributed by atoms with Crippen LogP contribution in [0.1, 0.15) is 31.2 Å². The van der Waals surface area contributed by atoms with Crippen molar-refractivity contribution in [3.8, 4) is 11.5 Å². The number of rotatable bonds is 5. The van der Waals surface area contributed by atoms with Gasteiger partial charge in [0.15, 0.2) is 17.3 Å². The highest BCUT2D eigenvalue weighted by Crippen LogP contribution is 2.43. The van der Waals surface area contributed by atoms with Gasteiger partial charge in [0.25, 0.3) is 0 Å². The highest BCUT2D eigenvalue weighted by atomic mass is 35.5. The summed E-state index contributed by atoms with van der Waals surface area (Å²) in [7, 11) is 2.90. The summed E-state index contributed by atoms with van der Waals surface area (Å²) < 4.78 is 24.7. The van der Waals surface area contributed by atoms with Crippen LogP contribution in [0.25, 0.3) is 0 Å². The molecular formula is C20H21ClFNO3. The number of amides is 1. The SMILES string of the molecule is COc1cc(F)c(NC(=O)C2(c3cccc(Cl)c3)CCCC2)cc1OC. The van der Waals surface area contributed by atoms with Crippen LogP contribution >= 0.6 is 11.6 Å². The molecule has 0 spiro atoms. The number of hydrogen-bond acceptors (Lipinski definition) is 3. The molecule has 1 N–H and O–H groups in total. The summed E-state index contributed by atoms with van der Waals surface area (Å²) in [5.74, 6) is -0.181. The molecule has 1 amide bonds. The second-order valence-corrected chi connectivity index (χ2v) is 6.88. The van der Waals surface area contributed by atoms with Crippen LogP contribution in [0, 0.1) is 5.82 Å². The van der Waals surface area contributed by atoms with E-state index in [1.807, 2.05) is 18.2 Å². The monoisotopic (exact) mass is 377 g/mol. The fraction of sp³-hybridized carbons (Fsp3) is 0.350. The van der Waals surface area contributed by atoms with Gasteiger partial charge in [-0.25, -0.2) is 4.39 Å². The molecule has 1 fully saturated rings. The second kappa shape index (κ2) is 7.54. The van der Waals surface area contributed by atoms with E-state index in [0.29, 0.717) is 23.6 Å². The fourth-order valence-electron chi connectivity index (χ4n) is 3.60. The minimum absolute atomic E-state index is 0.0703. The summed E-state index contributed by atoms with van der Waals surface area (Å²) in [5.41, 5.74) is 0.228. The Kier molecular flexibility index (Phi) is 5.37. The second-order valence-electron chi connectivity index (χ2n) is 6.44. The van der Waals surface area contributed by atoms with Crippen LogP contribution in [0.3, 0.4) is 0 Å². The molecule has 138 valence electrons. The van der Waals surface area contributed by atoms with E-state index >= 15 is 0 Å². The van der Waals surface area contributed by atoms with Gasteiger partial charge in [-0.15, -0.1) is 0 Å². The molecule has 0 heterocycles. The molecule has 6 heteroatoms. The zero-order valence-electron chi connectivity index (χ0n) is 14.8. The smallest absolute Gasteiger partial charge is 0.235 e. The molecule has 0 radical (unpaired) electrons. The number of carbonyl (C=O) groups excluding carboxylic acids is 1. The Morgan fingerprint density at radius 3 is 2.38 bits per heavy atom. The Morgan fingerprint density at radius 2 is 1.77 bits per heavy atom. The van der Waals surface area contributed by atoms with Gasteiger partial charge in [0.2, 0.25) is 5.91 Å². The van der Waals surface area contributed by atoms with Crippen molar-refractivity contribution in [1.29, 1.82) is 0 Å². The number of carbonyl (C=O) groups is 1.